The second-order valence-electron chi connectivity index (χ2n) is 11.4. The van der Waals surface area contributed by atoms with E-state index in [0.29, 0.717) is 24.2 Å². The second kappa shape index (κ2) is 17.2. The van der Waals surface area contributed by atoms with E-state index in [4.69, 9.17) is 18.9 Å². The molecule has 0 aromatic rings. The van der Waals surface area contributed by atoms with Gasteiger partial charge < -0.3 is 27.9 Å². The summed E-state index contributed by atoms with van der Waals surface area (Å²) in [7, 11) is 0. The van der Waals surface area contributed by atoms with Gasteiger partial charge in [-0.05, 0) is 40.5 Å². The third-order valence-corrected chi connectivity index (χ3v) is 7.44. The molecular weight excluding hydrogens is 516 g/mol. The van der Waals surface area contributed by atoms with Crippen LogP contribution >= 0.6 is 0 Å². The van der Waals surface area contributed by atoms with Gasteiger partial charge in [0.1, 0.15) is 64.4 Å². The van der Waals surface area contributed by atoms with Gasteiger partial charge in [0.25, 0.3) is 0 Å². The van der Waals surface area contributed by atoms with Gasteiger partial charge in [-0.15, -0.1) is 0 Å². The predicted octanol–water partition coefficient (Wildman–Crippen LogP) is 3.05. The first-order chi connectivity index (χ1) is 18.8. The lowest BCUT2D eigenvalue weighted by Crippen LogP contribution is -2.69. The Morgan fingerprint density at radius 3 is 1.20 bits per heavy atom. The first-order valence-corrected chi connectivity index (χ1v) is 14.5. The summed E-state index contributed by atoms with van der Waals surface area (Å²) >= 11 is 0. The SMILES string of the molecule is C=C(C)C(=O)OCCOC(=O)C(C)C[N+]1(CCC)CC[N+](CCC)(CC(C)C(=O)OCCOC(=O)C(=C)C)CC1. The van der Waals surface area contributed by atoms with Crippen molar-refractivity contribution in [3.8, 4) is 0 Å². The van der Waals surface area contributed by atoms with Gasteiger partial charge in [-0.3, -0.25) is 9.59 Å². The zero-order chi connectivity index (χ0) is 30.3. The maximum Gasteiger partial charge on any atom is 0.333 e. The molecule has 0 aromatic carbocycles. The predicted molar refractivity (Wildman–Crippen MR) is 152 cm³/mol. The van der Waals surface area contributed by atoms with Crippen LogP contribution in [0.15, 0.2) is 24.3 Å². The molecule has 40 heavy (non-hydrogen) atoms. The van der Waals surface area contributed by atoms with Crippen molar-refractivity contribution >= 4 is 23.9 Å². The van der Waals surface area contributed by atoms with Gasteiger partial charge in [-0.1, -0.05) is 27.0 Å². The summed E-state index contributed by atoms with van der Waals surface area (Å²) in [5, 5.41) is 0. The van der Waals surface area contributed by atoms with Crippen molar-refractivity contribution in [1.29, 1.82) is 0 Å². The zero-order valence-corrected chi connectivity index (χ0v) is 25.6. The van der Waals surface area contributed by atoms with E-state index >= 15 is 0 Å². The molecular formula is C30H52N2O8+2. The highest BCUT2D eigenvalue weighted by molar-refractivity contribution is 5.87. The Bertz CT molecular complexity index is 820. The molecule has 1 heterocycles. The van der Waals surface area contributed by atoms with E-state index in [-0.39, 0.29) is 50.2 Å². The number of nitrogens with zero attached hydrogens (tertiary/aromatic N) is 2. The number of hydrogen-bond acceptors (Lipinski definition) is 8. The quantitative estimate of drug-likeness (QED) is 0.0817. The highest BCUT2D eigenvalue weighted by Gasteiger charge is 2.44. The topological polar surface area (TPSA) is 105 Å². The van der Waals surface area contributed by atoms with Gasteiger partial charge in [0.15, 0.2) is 0 Å². The van der Waals surface area contributed by atoms with Crippen LogP contribution in [0.4, 0.5) is 0 Å². The summed E-state index contributed by atoms with van der Waals surface area (Å²) in [5.41, 5.74) is 0.613. The molecule has 0 bridgehead atoms. The Hall–Kier alpha value is -2.72. The molecule has 1 aliphatic rings. The molecule has 1 saturated heterocycles. The van der Waals surface area contributed by atoms with Gasteiger partial charge in [0.05, 0.1) is 26.2 Å². The molecule has 228 valence electrons. The van der Waals surface area contributed by atoms with E-state index in [2.05, 4.69) is 27.0 Å². The Kier molecular flexibility index (Phi) is 15.2. The number of piperazine rings is 1. The highest BCUT2D eigenvalue weighted by atomic mass is 16.6. The summed E-state index contributed by atoms with van der Waals surface area (Å²) in [4.78, 5) is 48.4. The molecule has 1 rings (SSSR count). The molecule has 0 amide bonds. The molecule has 0 aromatic heterocycles. The van der Waals surface area contributed by atoms with Crippen molar-refractivity contribution in [2.45, 2.75) is 54.4 Å². The molecule has 2 unspecified atom stereocenters. The maximum atomic E-state index is 12.7. The minimum Gasteiger partial charge on any atom is -0.462 e. The van der Waals surface area contributed by atoms with Crippen LogP contribution in [0.2, 0.25) is 0 Å². The van der Waals surface area contributed by atoms with Crippen LogP contribution in [0.5, 0.6) is 0 Å². The maximum absolute atomic E-state index is 12.7. The van der Waals surface area contributed by atoms with Crippen LogP contribution in [0, 0.1) is 11.8 Å². The van der Waals surface area contributed by atoms with E-state index in [9.17, 15) is 19.2 Å². The van der Waals surface area contributed by atoms with Crippen LogP contribution in [-0.4, -0.2) is 112 Å². The number of hydrogen-bond donors (Lipinski definition) is 0. The van der Waals surface area contributed by atoms with Gasteiger partial charge in [0.2, 0.25) is 0 Å². The van der Waals surface area contributed by atoms with Crippen molar-refractivity contribution < 1.29 is 47.1 Å². The van der Waals surface area contributed by atoms with Gasteiger partial charge in [-0.2, -0.15) is 0 Å². The fourth-order valence-electron chi connectivity index (χ4n) is 5.41. The normalized spacial score (nSPS) is 21.9. The molecule has 1 fully saturated rings. The molecule has 2 atom stereocenters. The Balaban J connectivity index is 2.68. The van der Waals surface area contributed by atoms with E-state index in [0.717, 1.165) is 61.1 Å². The van der Waals surface area contributed by atoms with Crippen molar-refractivity contribution in [1.82, 2.24) is 0 Å². The Morgan fingerprint density at radius 2 is 0.925 bits per heavy atom. The summed E-state index contributed by atoms with van der Waals surface area (Å²) < 4.78 is 22.4. The zero-order valence-electron chi connectivity index (χ0n) is 25.6. The van der Waals surface area contributed by atoms with Gasteiger partial charge >= 0.3 is 23.9 Å². The molecule has 0 saturated carbocycles. The van der Waals surface area contributed by atoms with E-state index in [1.807, 2.05) is 13.8 Å². The molecule has 0 spiro atoms. The number of quaternary nitrogens is 2. The highest BCUT2D eigenvalue weighted by Crippen LogP contribution is 2.25. The molecule has 0 N–H and O–H groups in total. The van der Waals surface area contributed by atoms with Crippen molar-refractivity contribution in [2.75, 3.05) is 78.8 Å². The van der Waals surface area contributed by atoms with Gasteiger partial charge in [0, 0.05) is 11.1 Å². The van der Waals surface area contributed by atoms with E-state index < -0.39 is 11.9 Å². The lowest BCUT2D eigenvalue weighted by atomic mass is 10.0. The van der Waals surface area contributed by atoms with E-state index in [1.54, 1.807) is 13.8 Å². The van der Waals surface area contributed by atoms with Crippen molar-refractivity contribution in [2.24, 2.45) is 11.8 Å². The number of ether oxygens (including phenoxy) is 4. The second-order valence-corrected chi connectivity index (χ2v) is 11.4. The van der Waals surface area contributed by atoms with Crippen LogP contribution in [0.3, 0.4) is 0 Å². The van der Waals surface area contributed by atoms with Crippen LogP contribution < -0.4 is 0 Å². The first kappa shape index (κ1) is 35.3. The lowest BCUT2D eigenvalue weighted by Gasteiger charge is -2.51. The number of carbonyl (C=O) groups excluding carboxylic acids is 4. The number of esters is 4. The van der Waals surface area contributed by atoms with Crippen LogP contribution in [0.1, 0.15) is 54.4 Å². The molecule has 10 heteroatoms. The third-order valence-electron chi connectivity index (χ3n) is 7.44. The fraction of sp³-hybridized carbons (Fsp3) is 0.733. The molecule has 0 aliphatic carbocycles. The number of rotatable bonds is 18. The summed E-state index contributed by atoms with van der Waals surface area (Å²) in [6.45, 7) is 25.4. The largest absolute Gasteiger partial charge is 0.462 e. The lowest BCUT2D eigenvalue weighted by molar-refractivity contribution is -1.03. The standard InChI is InChI=1S/C30H52N2O8/c1-9-11-31(21-25(7)29(35)39-19-17-37-27(33)23(3)4)13-15-32(12-10-2,16-14-31)22-26(8)30(36)40-20-18-38-28(34)24(5)6/h25-26H,3,5,9-22H2,1-2,4,6-8H3/q+2. The fourth-order valence-corrected chi connectivity index (χ4v) is 5.41. The Morgan fingerprint density at radius 1 is 0.625 bits per heavy atom. The number of carbonyl (C=O) groups is 4. The van der Waals surface area contributed by atoms with Crippen LogP contribution in [-0.2, 0) is 38.1 Å². The smallest absolute Gasteiger partial charge is 0.333 e. The van der Waals surface area contributed by atoms with Crippen molar-refractivity contribution in [3.63, 3.8) is 0 Å². The van der Waals surface area contributed by atoms with Crippen LogP contribution in [0.25, 0.3) is 0 Å². The molecule has 0 radical (unpaired) electrons. The van der Waals surface area contributed by atoms with E-state index in [1.165, 1.54) is 0 Å². The summed E-state index contributed by atoms with van der Waals surface area (Å²) in [5.74, 6) is -2.14. The average molecular weight is 569 g/mol. The molecule has 1 aliphatic heterocycles. The summed E-state index contributed by atoms with van der Waals surface area (Å²) in [6.07, 6.45) is 2.01. The van der Waals surface area contributed by atoms with Crippen molar-refractivity contribution in [3.05, 3.63) is 24.3 Å². The molecule has 10 nitrogen and oxygen atoms in total. The first-order valence-electron chi connectivity index (χ1n) is 14.5. The van der Waals surface area contributed by atoms with Gasteiger partial charge in [-0.25, -0.2) is 9.59 Å². The monoisotopic (exact) mass is 568 g/mol. The third kappa shape index (κ3) is 11.8. The average Bonchev–Trinajstić information content (AvgIpc) is 2.90. The summed E-state index contributed by atoms with van der Waals surface area (Å²) in [6, 6.07) is 0. The minimum atomic E-state index is -0.495. The Labute approximate surface area is 240 Å². The minimum absolute atomic E-state index is 0.0103.